The fourth-order valence-electron chi connectivity index (χ4n) is 1.44. The molecule has 0 radical (unpaired) electrons. The van der Waals surface area contributed by atoms with E-state index in [0.29, 0.717) is 12.3 Å². The average molecular weight is 301 g/mol. The zero-order valence-corrected chi connectivity index (χ0v) is 12.1. The molecular weight excluding hydrogens is 282 g/mol. The summed E-state index contributed by atoms with van der Waals surface area (Å²) in [4.78, 5) is 11.6. The third kappa shape index (κ3) is 5.25. The average Bonchev–Trinajstić information content (AvgIpc) is 2.43. The van der Waals surface area contributed by atoms with E-state index in [9.17, 15) is 13.2 Å². The lowest BCUT2D eigenvalue weighted by molar-refractivity contribution is -0.117. The number of nitrogens with two attached hydrogens (primary N) is 1. The van der Waals surface area contributed by atoms with Crippen LogP contribution in [0.1, 0.15) is 6.42 Å². The van der Waals surface area contributed by atoms with Crippen molar-refractivity contribution < 1.29 is 17.9 Å². The molecule has 0 aromatic heterocycles. The first-order chi connectivity index (χ1) is 9.49. The van der Waals surface area contributed by atoms with Crippen LogP contribution in [-0.4, -0.2) is 41.1 Å². The summed E-state index contributed by atoms with van der Waals surface area (Å²) < 4.78 is 31.0. The summed E-state index contributed by atoms with van der Waals surface area (Å²) in [6.45, 7) is 0.682. The maximum atomic E-state index is 11.9. The van der Waals surface area contributed by atoms with E-state index < -0.39 is 10.0 Å². The monoisotopic (exact) mass is 301 g/mol. The van der Waals surface area contributed by atoms with Gasteiger partial charge in [0.15, 0.2) is 0 Å². The van der Waals surface area contributed by atoms with Crippen LogP contribution in [0.4, 0.5) is 5.69 Å². The summed E-state index contributed by atoms with van der Waals surface area (Å²) in [7, 11) is -2.10. The molecule has 0 atom stereocenters. The Morgan fingerprint density at radius 1 is 1.40 bits per heavy atom. The molecule has 0 aliphatic carbocycles. The number of rotatable bonds is 8. The second kappa shape index (κ2) is 7.95. The molecule has 0 saturated heterocycles. The molecule has 0 unspecified atom stereocenters. The largest absolute Gasteiger partial charge is 0.384 e. The van der Waals surface area contributed by atoms with E-state index in [1.807, 2.05) is 0 Å². The first kappa shape index (κ1) is 16.6. The number of hydrogen-bond donors (Lipinski definition) is 3. The molecule has 1 rings (SSSR count). The molecule has 0 saturated carbocycles. The van der Waals surface area contributed by atoms with Gasteiger partial charge in [-0.25, -0.2) is 13.1 Å². The number of nitrogens with one attached hydrogen (secondary N) is 2. The lowest BCUT2D eigenvalue weighted by Gasteiger charge is -2.09. The van der Waals surface area contributed by atoms with E-state index in [-0.39, 0.29) is 30.3 Å². The van der Waals surface area contributed by atoms with Gasteiger partial charge >= 0.3 is 0 Å². The van der Waals surface area contributed by atoms with Gasteiger partial charge in [0.25, 0.3) is 0 Å². The van der Waals surface area contributed by atoms with Crippen LogP contribution in [-0.2, 0) is 19.6 Å². The molecule has 0 spiro atoms. The van der Waals surface area contributed by atoms with Crippen LogP contribution < -0.4 is 15.8 Å². The molecule has 8 heteroatoms. The van der Waals surface area contributed by atoms with Gasteiger partial charge in [-0.1, -0.05) is 6.07 Å². The van der Waals surface area contributed by atoms with Gasteiger partial charge < -0.3 is 15.8 Å². The lowest BCUT2D eigenvalue weighted by atomic mass is 10.3. The quantitative estimate of drug-likeness (QED) is 0.621. The topological polar surface area (TPSA) is 111 Å². The van der Waals surface area contributed by atoms with Crippen molar-refractivity contribution in [3.63, 3.8) is 0 Å². The van der Waals surface area contributed by atoms with E-state index in [0.717, 1.165) is 0 Å². The fourth-order valence-corrected chi connectivity index (χ4v) is 2.53. The maximum Gasteiger partial charge on any atom is 0.240 e. The standard InChI is InChI=1S/C12H19N3O4S/c1-19-8-5-12(16)15-10-3-2-4-11(9-10)20(17,18)14-7-6-13/h2-4,9,14H,5-8,13H2,1H3,(H,15,16). The van der Waals surface area contributed by atoms with Crippen molar-refractivity contribution in [2.24, 2.45) is 5.73 Å². The Morgan fingerprint density at radius 2 is 2.15 bits per heavy atom. The van der Waals surface area contributed by atoms with E-state index in [1.54, 1.807) is 12.1 Å². The SMILES string of the molecule is COCCC(=O)Nc1cccc(S(=O)(=O)NCCN)c1. The van der Waals surface area contributed by atoms with Gasteiger partial charge in [-0.05, 0) is 18.2 Å². The van der Waals surface area contributed by atoms with Crippen LogP contribution in [0.5, 0.6) is 0 Å². The van der Waals surface area contributed by atoms with Crippen LogP contribution >= 0.6 is 0 Å². The van der Waals surface area contributed by atoms with Gasteiger partial charge in [-0.2, -0.15) is 0 Å². The number of benzene rings is 1. The molecular formula is C12H19N3O4S. The van der Waals surface area contributed by atoms with E-state index >= 15 is 0 Å². The van der Waals surface area contributed by atoms with Crippen LogP contribution in [0.2, 0.25) is 0 Å². The molecule has 1 amide bonds. The van der Waals surface area contributed by atoms with Gasteiger partial charge in [-0.3, -0.25) is 4.79 Å². The van der Waals surface area contributed by atoms with E-state index in [4.69, 9.17) is 10.5 Å². The normalized spacial score (nSPS) is 11.3. The van der Waals surface area contributed by atoms with Crippen molar-refractivity contribution in [1.29, 1.82) is 0 Å². The summed E-state index contributed by atoms with van der Waals surface area (Å²) >= 11 is 0. The Labute approximate surface area is 118 Å². The highest BCUT2D eigenvalue weighted by atomic mass is 32.2. The zero-order chi connectivity index (χ0) is 15.0. The lowest BCUT2D eigenvalue weighted by Crippen LogP contribution is -2.29. The second-order valence-electron chi connectivity index (χ2n) is 4.01. The van der Waals surface area contributed by atoms with Gasteiger partial charge in [0.2, 0.25) is 15.9 Å². The van der Waals surface area contributed by atoms with Crippen molar-refractivity contribution in [1.82, 2.24) is 4.72 Å². The first-order valence-electron chi connectivity index (χ1n) is 6.08. The van der Waals surface area contributed by atoms with Crippen molar-refractivity contribution in [2.75, 3.05) is 32.1 Å². The molecule has 0 aliphatic heterocycles. The molecule has 1 aromatic rings. The summed E-state index contributed by atoms with van der Waals surface area (Å²) in [5, 5.41) is 2.61. The molecule has 0 bridgehead atoms. The number of methoxy groups -OCH3 is 1. The predicted octanol–water partition coefficient (Wildman–Crippen LogP) is -0.101. The number of anilines is 1. The molecule has 112 valence electrons. The molecule has 7 nitrogen and oxygen atoms in total. The number of amides is 1. The summed E-state index contributed by atoms with van der Waals surface area (Å²) in [6, 6.07) is 6.02. The number of hydrogen-bond acceptors (Lipinski definition) is 5. The van der Waals surface area contributed by atoms with Crippen LogP contribution in [0.3, 0.4) is 0 Å². The Hall–Kier alpha value is -1.48. The second-order valence-corrected chi connectivity index (χ2v) is 5.77. The maximum absolute atomic E-state index is 11.9. The Balaban J connectivity index is 2.78. The molecule has 20 heavy (non-hydrogen) atoms. The number of carbonyl (C=O) groups excluding carboxylic acids is 1. The minimum absolute atomic E-state index is 0.0792. The number of sulfonamides is 1. The molecule has 0 heterocycles. The zero-order valence-electron chi connectivity index (χ0n) is 11.3. The van der Waals surface area contributed by atoms with Crippen molar-refractivity contribution >= 4 is 21.6 Å². The van der Waals surface area contributed by atoms with Crippen LogP contribution in [0, 0.1) is 0 Å². The number of carbonyl (C=O) groups is 1. The Bertz CT molecular complexity index is 545. The van der Waals surface area contributed by atoms with Gasteiger partial charge in [0.1, 0.15) is 0 Å². The van der Waals surface area contributed by atoms with Gasteiger partial charge in [-0.15, -0.1) is 0 Å². The highest BCUT2D eigenvalue weighted by Gasteiger charge is 2.13. The van der Waals surface area contributed by atoms with Crippen LogP contribution in [0.25, 0.3) is 0 Å². The van der Waals surface area contributed by atoms with Crippen molar-refractivity contribution in [2.45, 2.75) is 11.3 Å². The predicted molar refractivity (Wildman–Crippen MR) is 75.8 cm³/mol. The van der Waals surface area contributed by atoms with Gasteiger partial charge in [0, 0.05) is 25.9 Å². The third-order valence-electron chi connectivity index (χ3n) is 2.40. The molecule has 1 aromatic carbocycles. The van der Waals surface area contributed by atoms with Crippen LogP contribution in [0.15, 0.2) is 29.2 Å². The molecule has 4 N–H and O–H groups in total. The molecule has 0 aliphatic rings. The highest BCUT2D eigenvalue weighted by Crippen LogP contribution is 2.15. The van der Waals surface area contributed by atoms with Crippen molar-refractivity contribution in [3.8, 4) is 0 Å². The fraction of sp³-hybridized carbons (Fsp3) is 0.417. The van der Waals surface area contributed by atoms with Gasteiger partial charge in [0.05, 0.1) is 17.9 Å². The molecule has 0 fully saturated rings. The highest BCUT2D eigenvalue weighted by molar-refractivity contribution is 7.89. The van der Waals surface area contributed by atoms with Crippen molar-refractivity contribution in [3.05, 3.63) is 24.3 Å². The smallest absolute Gasteiger partial charge is 0.240 e. The minimum Gasteiger partial charge on any atom is -0.384 e. The summed E-state index contributed by atoms with van der Waals surface area (Å²) in [5.74, 6) is -0.240. The van der Waals surface area contributed by atoms with E-state index in [2.05, 4.69) is 10.0 Å². The minimum atomic E-state index is -3.60. The Morgan fingerprint density at radius 3 is 2.80 bits per heavy atom. The van der Waals surface area contributed by atoms with E-state index in [1.165, 1.54) is 19.2 Å². The third-order valence-corrected chi connectivity index (χ3v) is 3.86. The number of ether oxygens (including phenoxy) is 1. The first-order valence-corrected chi connectivity index (χ1v) is 7.56. The summed E-state index contributed by atoms with van der Waals surface area (Å²) in [5.41, 5.74) is 5.68. The Kier molecular flexibility index (Phi) is 6.59. The summed E-state index contributed by atoms with van der Waals surface area (Å²) in [6.07, 6.45) is 0.207.